The van der Waals surface area contributed by atoms with Crippen molar-refractivity contribution in [1.29, 1.82) is 0 Å². The van der Waals surface area contributed by atoms with Gasteiger partial charge >= 0.3 is 0 Å². The molecule has 1 heterocycles. The number of anilines is 1. The van der Waals surface area contributed by atoms with Crippen LogP contribution in [0, 0.1) is 11.6 Å². The van der Waals surface area contributed by atoms with Gasteiger partial charge in [-0.05, 0) is 38.1 Å². The van der Waals surface area contributed by atoms with E-state index >= 15 is 0 Å². The molecular formula is C15H20F2N2O. The van der Waals surface area contributed by atoms with Crippen LogP contribution in [0.25, 0.3) is 0 Å². The van der Waals surface area contributed by atoms with Gasteiger partial charge in [-0.3, -0.25) is 9.69 Å². The third-order valence-electron chi connectivity index (χ3n) is 3.52. The van der Waals surface area contributed by atoms with Crippen LogP contribution >= 0.6 is 0 Å². The average molecular weight is 282 g/mol. The molecule has 1 aromatic carbocycles. The van der Waals surface area contributed by atoms with Crippen molar-refractivity contribution in [2.24, 2.45) is 0 Å². The summed E-state index contributed by atoms with van der Waals surface area (Å²) >= 11 is 0. The third-order valence-corrected chi connectivity index (χ3v) is 3.52. The summed E-state index contributed by atoms with van der Waals surface area (Å²) in [6.07, 6.45) is 5.85. The second kappa shape index (κ2) is 7.33. The van der Waals surface area contributed by atoms with Crippen LogP contribution < -0.4 is 5.32 Å². The highest BCUT2D eigenvalue weighted by molar-refractivity contribution is 5.92. The lowest BCUT2D eigenvalue weighted by atomic mass is 10.1. The number of hydrogen-bond donors (Lipinski definition) is 1. The summed E-state index contributed by atoms with van der Waals surface area (Å²) in [6.45, 7) is 2.06. The Labute approximate surface area is 118 Å². The quantitative estimate of drug-likeness (QED) is 0.923. The number of hydrogen-bond acceptors (Lipinski definition) is 2. The predicted molar refractivity (Wildman–Crippen MR) is 74.5 cm³/mol. The van der Waals surface area contributed by atoms with Gasteiger partial charge in [0.15, 0.2) is 0 Å². The van der Waals surface area contributed by atoms with E-state index in [4.69, 9.17) is 0 Å². The fourth-order valence-corrected chi connectivity index (χ4v) is 2.45. The second-order valence-electron chi connectivity index (χ2n) is 5.22. The van der Waals surface area contributed by atoms with E-state index in [9.17, 15) is 13.6 Å². The highest BCUT2D eigenvalue weighted by atomic mass is 19.1. The summed E-state index contributed by atoms with van der Waals surface area (Å²) in [6, 6.07) is 3.15. The monoisotopic (exact) mass is 282 g/mol. The van der Waals surface area contributed by atoms with Crippen molar-refractivity contribution in [2.45, 2.75) is 32.1 Å². The fourth-order valence-electron chi connectivity index (χ4n) is 2.45. The van der Waals surface area contributed by atoms with Crippen LogP contribution in [0.5, 0.6) is 0 Å². The lowest BCUT2D eigenvalue weighted by molar-refractivity contribution is -0.117. The van der Waals surface area contributed by atoms with Crippen LogP contribution in [0.3, 0.4) is 0 Å². The van der Waals surface area contributed by atoms with Gasteiger partial charge in [0.25, 0.3) is 0 Å². The van der Waals surface area contributed by atoms with E-state index in [0.29, 0.717) is 0 Å². The molecule has 0 bridgehead atoms. The maximum absolute atomic E-state index is 13.4. The number of carbonyl (C=O) groups is 1. The van der Waals surface area contributed by atoms with Crippen LogP contribution in [-0.4, -0.2) is 30.4 Å². The standard InChI is InChI=1S/C15H20F2N2O/c16-12-6-7-14(13(17)10-12)18-15(20)11-19-8-4-2-1-3-5-9-19/h6-7,10H,1-5,8-9,11H2,(H,18,20). The number of carbonyl (C=O) groups excluding carboxylic acids is 1. The van der Waals surface area contributed by atoms with E-state index < -0.39 is 11.6 Å². The molecule has 20 heavy (non-hydrogen) atoms. The van der Waals surface area contributed by atoms with E-state index in [1.165, 1.54) is 25.3 Å². The second-order valence-corrected chi connectivity index (χ2v) is 5.22. The van der Waals surface area contributed by atoms with Gasteiger partial charge in [-0.1, -0.05) is 19.3 Å². The number of rotatable bonds is 3. The third kappa shape index (κ3) is 4.56. The Balaban J connectivity index is 1.87. The van der Waals surface area contributed by atoms with Gasteiger partial charge in [-0.15, -0.1) is 0 Å². The lowest BCUT2D eigenvalue weighted by Gasteiger charge is -2.23. The van der Waals surface area contributed by atoms with Crippen molar-refractivity contribution in [2.75, 3.05) is 25.0 Å². The first kappa shape index (κ1) is 14.9. The first-order valence-corrected chi connectivity index (χ1v) is 7.12. The van der Waals surface area contributed by atoms with Crippen LogP contribution in [0.15, 0.2) is 18.2 Å². The zero-order chi connectivity index (χ0) is 14.4. The first-order valence-electron chi connectivity index (χ1n) is 7.12. The van der Waals surface area contributed by atoms with E-state index in [0.717, 1.165) is 38.1 Å². The Morgan fingerprint density at radius 3 is 2.40 bits per heavy atom. The van der Waals surface area contributed by atoms with Crippen LogP contribution in [0.4, 0.5) is 14.5 Å². The minimum absolute atomic E-state index is 0.0310. The molecule has 1 amide bonds. The number of halogens is 2. The van der Waals surface area contributed by atoms with Gasteiger partial charge in [-0.25, -0.2) is 8.78 Å². The molecule has 5 heteroatoms. The highest BCUT2D eigenvalue weighted by Gasteiger charge is 2.14. The van der Waals surface area contributed by atoms with Crippen molar-refractivity contribution in [1.82, 2.24) is 4.90 Å². The Morgan fingerprint density at radius 2 is 1.75 bits per heavy atom. The summed E-state index contributed by atoms with van der Waals surface area (Å²) in [5, 5.41) is 2.50. The van der Waals surface area contributed by atoms with E-state index in [1.807, 2.05) is 0 Å². The van der Waals surface area contributed by atoms with Crippen molar-refractivity contribution < 1.29 is 13.6 Å². The molecule has 1 aromatic rings. The summed E-state index contributed by atoms with van der Waals surface area (Å²) in [5.74, 6) is -1.65. The highest BCUT2D eigenvalue weighted by Crippen LogP contribution is 2.15. The van der Waals surface area contributed by atoms with Crippen molar-refractivity contribution >= 4 is 11.6 Å². The number of amides is 1. The van der Waals surface area contributed by atoms with Gasteiger partial charge in [0.2, 0.25) is 5.91 Å². The Hall–Kier alpha value is -1.49. The first-order chi connectivity index (χ1) is 9.65. The molecular weight excluding hydrogens is 262 g/mol. The molecule has 3 nitrogen and oxygen atoms in total. The lowest BCUT2D eigenvalue weighted by Crippen LogP contribution is -2.35. The van der Waals surface area contributed by atoms with Crippen molar-refractivity contribution in [3.05, 3.63) is 29.8 Å². The van der Waals surface area contributed by atoms with E-state index in [1.54, 1.807) is 0 Å². The average Bonchev–Trinajstić information content (AvgIpc) is 2.36. The van der Waals surface area contributed by atoms with Crippen molar-refractivity contribution in [3.8, 4) is 0 Å². The molecule has 1 fully saturated rings. The van der Waals surface area contributed by atoms with Crippen LogP contribution in [0.2, 0.25) is 0 Å². The number of nitrogens with zero attached hydrogens (tertiary/aromatic N) is 1. The summed E-state index contributed by atoms with van der Waals surface area (Å²) in [7, 11) is 0. The Bertz CT molecular complexity index is 457. The molecule has 0 aliphatic carbocycles. The van der Waals surface area contributed by atoms with Crippen LogP contribution in [0.1, 0.15) is 32.1 Å². The topological polar surface area (TPSA) is 32.3 Å². The molecule has 1 saturated heterocycles. The fraction of sp³-hybridized carbons (Fsp3) is 0.533. The SMILES string of the molecule is O=C(CN1CCCCCCC1)Nc1ccc(F)cc1F. The maximum Gasteiger partial charge on any atom is 0.238 e. The largest absolute Gasteiger partial charge is 0.322 e. The smallest absolute Gasteiger partial charge is 0.238 e. The van der Waals surface area contributed by atoms with Crippen LogP contribution in [-0.2, 0) is 4.79 Å². The molecule has 0 atom stereocenters. The number of likely N-dealkylation sites (tertiary alicyclic amines) is 1. The molecule has 0 aromatic heterocycles. The maximum atomic E-state index is 13.4. The zero-order valence-electron chi connectivity index (χ0n) is 11.5. The molecule has 1 aliphatic heterocycles. The van der Waals surface area contributed by atoms with Gasteiger partial charge in [0.1, 0.15) is 11.6 Å². The van der Waals surface area contributed by atoms with Gasteiger partial charge in [0.05, 0.1) is 12.2 Å². The minimum Gasteiger partial charge on any atom is -0.322 e. The van der Waals surface area contributed by atoms with Gasteiger partial charge in [-0.2, -0.15) is 0 Å². The zero-order valence-corrected chi connectivity index (χ0v) is 11.5. The molecule has 1 N–H and O–H groups in total. The minimum atomic E-state index is -0.744. The molecule has 0 saturated carbocycles. The Morgan fingerprint density at radius 1 is 1.10 bits per heavy atom. The van der Waals surface area contributed by atoms with Gasteiger partial charge < -0.3 is 5.32 Å². The number of nitrogens with one attached hydrogen (secondary N) is 1. The Kier molecular flexibility index (Phi) is 5.47. The molecule has 1 aliphatic rings. The predicted octanol–water partition coefficient (Wildman–Crippen LogP) is 3.17. The van der Waals surface area contributed by atoms with E-state index in [2.05, 4.69) is 10.2 Å². The number of benzene rings is 1. The summed E-state index contributed by atoms with van der Waals surface area (Å²) < 4.78 is 26.2. The van der Waals surface area contributed by atoms with Gasteiger partial charge in [0, 0.05) is 6.07 Å². The molecule has 110 valence electrons. The molecule has 0 unspecified atom stereocenters. The van der Waals surface area contributed by atoms with E-state index in [-0.39, 0.29) is 18.1 Å². The summed E-state index contributed by atoms with van der Waals surface area (Å²) in [5.41, 5.74) is 0.0310. The molecule has 2 rings (SSSR count). The molecule has 0 radical (unpaired) electrons. The molecule has 0 spiro atoms. The summed E-state index contributed by atoms with van der Waals surface area (Å²) in [4.78, 5) is 14.0. The van der Waals surface area contributed by atoms with Crippen molar-refractivity contribution in [3.63, 3.8) is 0 Å². The normalized spacial score (nSPS) is 17.3.